The van der Waals surface area contributed by atoms with Crippen LogP contribution in [0, 0.1) is 5.92 Å². The summed E-state index contributed by atoms with van der Waals surface area (Å²) in [4.78, 5) is 28.4. The van der Waals surface area contributed by atoms with Crippen LogP contribution in [0.25, 0.3) is 10.9 Å². The summed E-state index contributed by atoms with van der Waals surface area (Å²) in [7, 11) is 0. The lowest BCUT2D eigenvalue weighted by Gasteiger charge is -2.21. The van der Waals surface area contributed by atoms with Crippen LogP contribution in [0.5, 0.6) is 0 Å². The summed E-state index contributed by atoms with van der Waals surface area (Å²) in [6.45, 7) is 1.61. The average molecular weight is 312 g/mol. The molecule has 6 heteroatoms. The van der Waals surface area contributed by atoms with Crippen LogP contribution < -0.4 is 16.0 Å². The number of pyridine rings is 1. The second kappa shape index (κ2) is 7.19. The predicted molar refractivity (Wildman–Crippen MR) is 89.0 cm³/mol. The molecule has 0 spiro atoms. The zero-order valence-corrected chi connectivity index (χ0v) is 12.8. The lowest BCUT2D eigenvalue weighted by atomic mass is 9.99. The van der Waals surface area contributed by atoms with Gasteiger partial charge in [-0.15, -0.1) is 0 Å². The number of piperidine rings is 1. The molecule has 2 aromatic rings. The molecular formula is C17H20N4O2. The van der Waals surface area contributed by atoms with Crippen molar-refractivity contribution in [1.29, 1.82) is 0 Å². The van der Waals surface area contributed by atoms with Gasteiger partial charge in [0.2, 0.25) is 11.8 Å². The highest BCUT2D eigenvalue weighted by molar-refractivity contribution is 6.01. The number of benzene rings is 1. The normalized spacial score (nSPS) is 17.7. The third kappa shape index (κ3) is 3.84. The second-order valence-corrected chi connectivity index (χ2v) is 5.69. The number of rotatable bonds is 4. The molecule has 1 fully saturated rings. The number of carbonyl (C=O) groups excluding carboxylic acids is 2. The van der Waals surface area contributed by atoms with E-state index in [1.165, 1.54) is 0 Å². The molecule has 6 nitrogen and oxygen atoms in total. The number of fused-ring (bicyclic) bond motifs is 1. The first-order chi connectivity index (χ1) is 11.2. The number of amides is 2. The number of carbonyl (C=O) groups is 2. The Morgan fingerprint density at radius 1 is 1.26 bits per heavy atom. The van der Waals surface area contributed by atoms with Crippen LogP contribution >= 0.6 is 0 Å². The number of nitrogens with zero attached hydrogens (tertiary/aromatic N) is 1. The van der Waals surface area contributed by atoms with E-state index in [9.17, 15) is 9.59 Å². The van der Waals surface area contributed by atoms with Crippen LogP contribution in [0.1, 0.15) is 12.8 Å². The lowest BCUT2D eigenvalue weighted by molar-refractivity contribution is -0.127. The largest absolute Gasteiger partial charge is 0.347 e. The van der Waals surface area contributed by atoms with Gasteiger partial charge < -0.3 is 16.0 Å². The van der Waals surface area contributed by atoms with E-state index in [2.05, 4.69) is 20.9 Å². The number of hydrogen-bond acceptors (Lipinski definition) is 4. The van der Waals surface area contributed by atoms with Crippen molar-refractivity contribution in [3.63, 3.8) is 0 Å². The van der Waals surface area contributed by atoms with Gasteiger partial charge in [-0.05, 0) is 31.5 Å². The van der Waals surface area contributed by atoms with E-state index in [0.29, 0.717) is 12.2 Å². The van der Waals surface area contributed by atoms with Crippen molar-refractivity contribution < 1.29 is 9.59 Å². The molecule has 1 aromatic heterocycles. The maximum atomic E-state index is 12.1. The smallest absolute Gasteiger partial charge is 0.243 e. The summed E-state index contributed by atoms with van der Waals surface area (Å²) in [5.41, 5.74) is 1.40. The van der Waals surface area contributed by atoms with E-state index in [1.807, 2.05) is 24.3 Å². The van der Waals surface area contributed by atoms with Crippen LogP contribution in [0.3, 0.4) is 0 Å². The molecule has 23 heavy (non-hydrogen) atoms. The molecule has 0 bridgehead atoms. The summed E-state index contributed by atoms with van der Waals surface area (Å²) >= 11 is 0. The van der Waals surface area contributed by atoms with E-state index in [1.54, 1.807) is 12.3 Å². The number of nitrogens with one attached hydrogen (secondary N) is 3. The van der Waals surface area contributed by atoms with Crippen molar-refractivity contribution in [3.05, 3.63) is 36.5 Å². The minimum atomic E-state index is -0.250. The SMILES string of the molecule is O=C(CNC(=O)C1CCCNC1)Nc1cccc2cccnc12. The first kappa shape index (κ1) is 15.4. The van der Waals surface area contributed by atoms with E-state index in [4.69, 9.17) is 0 Å². The molecule has 0 aliphatic carbocycles. The van der Waals surface area contributed by atoms with Gasteiger partial charge in [-0.2, -0.15) is 0 Å². The Kier molecular flexibility index (Phi) is 4.83. The van der Waals surface area contributed by atoms with E-state index in [0.717, 1.165) is 30.3 Å². The van der Waals surface area contributed by atoms with E-state index < -0.39 is 0 Å². The van der Waals surface area contributed by atoms with E-state index >= 15 is 0 Å². The van der Waals surface area contributed by atoms with Gasteiger partial charge in [0.25, 0.3) is 0 Å². The molecule has 1 aliphatic heterocycles. The Morgan fingerprint density at radius 2 is 2.13 bits per heavy atom. The third-order valence-electron chi connectivity index (χ3n) is 4.00. The molecule has 2 amide bonds. The highest BCUT2D eigenvalue weighted by atomic mass is 16.2. The van der Waals surface area contributed by atoms with Crippen molar-refractivity contribution in [3.8, 4) is 0 Å². The molecular weight excluding hydrogens is 292 g/mol. The molecule has 3 rings (SSSR count). The molecule has 1 atom stereocenters. The summed E-state index contributed by atoms with van der Waals surface area (Å²) in [6.07, 6.45) is 3.55. The molecule has 1 saturated heterocycles. The monoisotopic (exact) mass is 312 g/mol. The molecule has 0 saturated carbocycles. The van der Waals surface area contributed by atoms with Crippen molar-refractivity contribution in [1.82, 2.24) is 15.6 Å². The number of aromatic nitrogens is 1. The van der Waals surface area contributed by atoms with Crippen LogP contribution in [0.2, 0.25) is 0 Å². The van der Waals surface area contributed by atoms with Gasteiger partial charge in [-0.1, -0.05) is 18.2 Å². The fraction of sp³-hybridized carbons (Fsp3) is 0.353. The second-order valence-electron chi connectivity index (χ2n) is 5.69. The van der Waals surface area contributed by atoms with Gasteiger partial charge in [0, 0.05) is 18.1 Å². The minimum Gasteiger partial charge on any atom is -0.347 e. The average Bonchev–Trinajstić information content (AvgIpc) is 2.61. The van der Waals surface area contributed by atoms with Crippen molar-refractivity contribution in [2.24, 2.45) is 5.92 Å². The minimum absolute atomic E-state index is 0.0292. The molecule has 1 unspecified atom stereocenters. The highest BCUT2D eigenvalue weighted by Crippen LogP contribution is 2.20. The summed E-state index contributed by atoms with van der Waals surface area (Å²) in [5, 5.41) is 9.67. The predicted octanol–water partition coefficient (Wildman–Crippen LogP) is 1.29. The van der Waals surface area contributed by atoms with Crippen molar-refractivity contribution >= 4 is 28.4 Å². The Bertz CT molecular complexity index is 705. The molecule has 120 valence electrons. The first-order valence-corrected chi connectivity index (χ1v) is 7.86. The van der Waals surface area contributed by atoms with Gasteiger partial charge in [0.05, 0.1) is 23.7 Å². The number of para-hydroxylation sites is 1. The zero-order valence-electron chi connectivity index (χ0n) is 12.8. The van der Waals surface area contributed by atoms with Gasteiger partial charge in [-0.3, -0.25) is 14.6 Å². The number of hydrogen-bond donors (Lipinski definition) is 3. The molecule has 1 aromatic carbocycles. The maximum absolute atomic E-state index is 12.1. The van der Waals surface area contributed by atoms with Crippen LogP contribution in [-0.2, 0) is 9.59 Å². The lowest BCUT2D eigenvalue weighted by Crippen LogP contribution is -2.42. The Hall–Kier alpha value is -2.47. The van der Waals surface area contributed by atoms with Gasteiger partial charge >= 0.3 is 0 Å². The van der Waals surface area contributed by atoms with E-state index in [-0.39, 0.29) is 24.3 Å². The fourth-order valence-electron chi connectivity index (χ4n) is 2.79. The topological polar surface area (TPSA) is 83.1 Å². The standard InChI is InChI=1S/C17H20N4O2/c22-15(11-20-17(23)13-6-2-8-18-10-13)21-14-7-1-4-12-5-3-9-19-16(12)14/h1,3-5,7,9,13,18H,2,6,8,10-11H2,(H,20,23)(H,21,22). The van der Waals surface area contributed by atoms with Gasteiger partial charge in [0.1, 0.15) is 0 Å². The summed E-state index contributed by atoms with van der Waals surface area (Å²) in [6, 6.07) is 9.41. The molecule has 3 N–H and O–H groups in total. The highest BCUT2D eigenvalue weighted by Gasteiger charge is 2.21. The first-order valence-electron chi connectivity index (χ1n) is 7.86. The fourth-order valence-corrected chi connectivity index (χ4v) is 2.79. The van der Waals surface area contributed by atoms with Crippen LogP contribution in [-0.4, -0.2) is 36.4 Å². The molecule has 2 heterocycles. The maximum Gasteiger partial charge on any atom is 0.243 e. The summed E-state index contributed by atoms with van der Waals surface area (Å²) in [5.74, 6) is -0.362. The van der Waals surface area contributed by atoms with Crippen molar-refractivity contribution in [2.75, 3.05) is 25.0 Å². The van der Waals surface area contributed by atoms with Gasteiger partial charge in [-0.25, -0.2) is 0 Å². The Balaban J connectivity index is 1.57. The Morgan fingerprint density at radius 3 is 2.96 bits per heavy atom. The van der Waals surface area contributed by atoms with Crippen LogP contribution in [0.15, 0.2) is 36.5 Å². The Labute approximate surface area is 134 Å². The quantitative estimate of drug-likeness (QED) is 0.794. The number of anilines is 1. The third-order valence-corrected chi connectivity index (χ3v) is 4.00. The van der Waals surface area contributed by atoms with Crippen LogP contribution in [0.4, 0.5) is 5.69 Å². The summed E-state index contributed by atoms with van der Waals surface area (Å²) < 4.78 is 0. The zero-order chi connectivity index (χ0) is 16.1. The molecule has 1 aliphatic rings. The van der Waals surface area contributed by atoms with Gasteiger partial charge in [0.15, 0.2) is 0 Å². The molecule has 0 radical (unpaired) electrons. The van der Waals surface area contributed by atoms with Crippen molar-refractivity contribution in [2.45, 2.75) is 12.8 Å².